The molecule has 4 unspecified atom stereocenters. The molecule has 1 saturated carbocycles. The van der Waals surface area contributed by atoms with Crippen molar-refractivity contribution in [3.63, 3.8) is 0 Å². The number of hydrogen-bond donors (Lipinski definition) is 4. The lowest BCUT2D eigenvalue weighted by Crippen LogP contribution is -2.56. The second kappa shape index (κ2) is 11.2. The summed E-state index contributed by atoms with van der Waals surface area (Å²) in [6.45, 7) is 5.42. The van der Waals surface area contributed by atoms with Crippen molar-refractivity contribution < 1.29 is 24.6 Å². The minimum atomic E-state index is -1.71. The average molecular weight is 515 g/mol. The number of ketones is 1. The van der Waals surface area contributed by atoms with Crippen LogP contribution in [-0.4, -0.2) is 33.4 Å². The van der Waals surface area contributed by atoms with Crippen molar-refractivity contribution >= 4 is 29.0 Å². The van der Waals surface area contributed by atoms with Crippen LogP contribution < -0.4 is 10.6 Å². The van der Waals surface area contributed by atoms with Gasteiger partial charge in [-0.3, -0.25) is 14.4 Å². The smallest absolute Gasteiger partial charge is 0.235 e. The van der Waals surface area contributed by atoms with Crippen LogP contribution in [0.5, 0.6) is 5.75 Å². The summed E-state index contributed by atoms with van der Waals surface area (Å²) in [4.78, 5) is 41.1. The molecule has 1 fully saturated rings. The number of phenols is 1. The van der Waals surface area contributed by atoms with Gasteiger partial charge in [-0.25, -0.2) is 0 Å². The topological polar surface area (TPSA) is 116 Å². The molecule has 1 aliphatic rings. The van der Waals surface area contributed by atoms with Crippen LogP contribution in [0.3, 0.4) is 0 Å². The predicted octanol–water partition coefficient (Wildman–Crippen LogP) is 4.83. The molecule has 4 N–H and O–H groups in total. The zero-order chi connectivity index (χ0) is 27.4. The molecule has 0 saturated heterocycles. The first-order valence-electron chi connectivity index (χ1n) is 13.0. The van der Waals surface area contributed by atoms with E-state index < -0.39 is 41.0 Å². The standard InChI is InChI=1S/C31H34N2O5/c1-4-19-10-6-8-12-23(19)32-29(36)27-25(35)18-31(3,38)28(26(27)21-14-16-22(34)17-15-21)30(37)33-24-13-9-7-11-20(24)5-2/h6-17,26-28,34,38H,4-5,18H2,1-3H3,(H,32,36)(H,33,37). The molecular formula is C31H34N2O5. The Morgan fingerprint density at radius 2 is 1.34 bits per heavy atom. The molecule has 0 spiro atoms. The van der Waals surface area contributed by atoms with E-state index in [0.717, 1.165) is 11.1 Å². The summed E-state index contributed by atoms with van der Waals surface area (Å²) in [5, 5.41) is 27.2. The van der Waals surface area contributed by atoms with E-state index in [1.165, 1.54) is 19.1 Å². The molecule has 7 nitrogen and oxygen atoms in total. The molecule has 2 amide bonds. The number of aryl methyl sites for hydroxylation is 2. The molecule has 4 rings (SSSR count). The molecule has 3 aromatic rings. The maximum atomic E-state index is 13.9. The number of rotatable bonds is 7. The van der Waals surface area contributed by atoms with Crippen molar-refractivity contribution in [1.82, 2.24) is 0 Å². The number of benzene rings is 3. The van der Waals surface area contributed by atoms with Crippen molar-refractivity contribution in [3.8, 4) is 5.75 Å². The highest BCUT2D eigenvalue weighted by Gasteiger charge is 2.56. The Morgan fingerprint density at radius 1 is 0.842 bits per heavy atom. The predicted molar refractivity (Wildman–Crippen MR) is 147 cm³/mol. The normalized spacial score (nSPS) is 23.1. The molecule has 3 aromatic carbocycles. The van der Waals surface area contributed by atoms with Crippen LogP contribution >= 0.6 is 0 Å². The number of aromatic hydroxyl groups is 1. The van der Waals surface area contributed by atoms with Crippen LogP contribution in [0.25, 0.3) is 0 Å². The van der Waals surface area contributed by atoms with E-state index in [1.54, 1.807) is 30.3 Å². The van der Waals surface area contributed by atoms with Crippen LogP contribution in [0.4, 0.5) is 11.4 Å². The Kier molecular flexibility index (Phi) is 7.97. The minimum absolute atomic E-state index is 0.0124. The van der Waals surface area contributed by atoms with Gasteiger partial charge in [0, 0.05) is 23.7 Å². The summed E-state index contributed by atoms with van der Waals surface area (Å²) in [5.41, 5.74) is 1.87. The van der Waals surface area contributed by atoms with Gasteiger partial charge in [-0.05, 0) is 60.7 Å². The number of carbonyl (C=O) groups excluding carboxylic acids is 3. The van der Waals surface area contributed by atoms with Gasteiger partial charge in [-0.15, -0.1) is 0 Å². The molecule has 0 aliphatic heterocycles. The zero-order valence-electron chi connectivity index (χ0n) is 21.9. The molecule has 7 heteroatoms. The quantitative estimate of drug-likeness (QED) is 0.337. The third-order valence-corrected chi connectivity index (χ3v) is 7.42. The Morgan fingerprint density at radius 3 is 1.87 bits per heavy atom. The van der Waals surface area contributed by atoms with E-state index in [-0.39, 0.29) is 12.2 Å². The first-order valence-corrected chi connectivity index (χ1v) is 13.0. The van der Waals surface area contributed by atoms with Gasteiger partial charge >= 0.3 is 0 Å². The zero-order valence-corrected chi connectivity index (χ0v) is 21.9. The number of nitrogens with one attached hydrogen (secondary N) is 2. The molecule has 0 bridgehead atoms. The number of carbonyl (C=O) groups is 3. The van der Waals surface area contributed by atoms with E-state index >= 15 is 0 Å². The molecule has 0 aromatic heterocycles. The van der Waals surface area contributed by atoms with E-state index in [9.17, 15) is 24.6 Å². The fourth-order valence-corrected chi connectivity index (χ4v) is 5.51. The van der Waals surface area contributed by atoms with E-state index in [0.29, 0.717) is 29.8 Å². The van der Waals surface area contributed by atoms with E-state index in [1.807, 2.05) is 44.2 Å². The number of Topliss-reactive ketones (excluding diaryl/α,β-unsaturated/α-hetero) is 1. The summed E-state index contributed by atoms with van der Waals surface area (Å²) in [7, 11) is 0. The highest BCUT2D eigenvalue weighted by atomic mass is 16.3. The summed E-state index contributed by atoms with van der Waals surface area (Å²) in [5.74, 6) is -4.75. The number of phenolic OH excluding ortho intramolecular Hbond substituents is 1. The highest BCUT2D eigenvalue weighted by Crippen LogP contribution is 2.47. The lowest BCUT2D eigenvalue weighted by atomic mass is 9.61. The monoisotopic (exact) mass is 514 g/mol. The number of aliphatic hydroxyl groups is 1. The van der Waals surface area contributed by atoms with Crippen LogP contribution in [0.2, 0.25) is 0 Å². The highest BCUT2D eigenvalue weighted by molar-refractivity contribution is 6.10. The lowest BCUT2D eigenvalue weighted by Gasteiger charge is -2.44. The SMILES string of the molecule is CCc1ccccc1NC(=O)C1C(=O)CC(C)(O)C(C(=O)Nc2ccccc2CC)C1c1ccc(O)cc1. The Balaban J connectivity index is 1.78. The number of amides is 2. The molecule has 198 valence electrons. The van der Waals surface area contributed by atoms with Gasteiger partial charge in [-0.1, -0.05) is 62.4 Å². The average Bonchev–Trinajstić information content (AvgIpc) is 2.88. The summed E-state index contributed by atoms with van der Waals surface area (Å²) < 4.78 is 0. The van der Waals surface area contributed by atoms with Crippen molar-refractivity contribution in [2.24, 2.45) is 11.8 Å². The molecule has 0 radical (unpaired) electrons. The lowest BCUT2D eigenvalue weighted by molar-refractivity contribution is -0.150. The third kappa shape index (κ3) is 5.48. The Bertz CT molecular complexity index is 1330. The molecule has 0 heterocycles. The van der Waals surface area contributed by atoms with Crippen LogP contribution in [0.15, 0.2) is 72.8 Å². The third-order valence-electron chi connectivity index (χ3n) is 7.42. The fourth-order valence-electron chi connectivity index (χ4n) is 5.51. The van der Waals surface area contributed by atoms with Gasteiger partial charge in [0.15, 0.2) is 0 Å². The van der Waals surface area contributed by atoms with E-state index in [4.69, 9.17) is 0 Å². The Hall–Kier alpha value is -3.97. The first kappa shape index (κ1) is 27.1. The van der Waals surface area contributed by atoms with Gasteiger partial charge in [0.1, 0.15) is 17.5 Å². The molecule has 1 aliphatic carbocycles. The van der Waals surface area contributed by atoms with Crippen LogP contribution in [-0.2, 0) is 27.2 Å². The largest absolute Gasteiger partial charge is 0.508 e. The number of hydrogen-bond acceptors (Lipinski definition) is 5. The maximum Gasteiger partial charge on any atom is 0.235 e. The fraction of sp³-hybridized carbons (Fsp3) is 0.323. The molecule has 38 heavy (non-hydrogen) atoms. The number of para-hydroxylation sites is 2. The van der Waals surface area contributed by atoms with Gasteiger partial charge in [0.2, 0.25) is 11.8 Å². The second-order valence-corrected chi connectivity index (χ2v) is 10.1. The van der Waals surface area contributed by atoms with Crippen molar-refractivity contribution in [2.75, 3.05) is 10.6 Å². The van der Waals surface area contributed by atoms with Crippen LogP contribution in [0, 0.1) is 11.8 Å². The first-order chi connectivity index (χ1) is 18.2. The summed E-state index contributed by atoms with van der Waals surface area (Å²) >= 11 is 0. The van der Waals surface area contributed by atoms with Gasteiger partial charge in [0.05, 0.1) is 11.5 Å². The van der Waals surface area contributed by atoms with Crippen LogP contribution in [0.1, 0.15) is 49.8 Å². The van der Waals surface area contributed by atoms with Crippen molar-refractivity contribution in [3.05, 3.63) is 89.5 Å². The van der Waals surface area contributed by atoms with Crippen molar-refractivity contribution in [2.45, 2.75) is 51.6 Å². The second-order valence-electron chi connectivity index (χ2n) is 10.1. The van der Waals surface area contributed by atoms with E-state index in [2.05, 4.69) is 10.6 Å². The molecular weight excluding hydrogens is 480 g/mol. The van der Waals surface area contributed by atoms with Gasteiger partial charge in [0.25, 0.3) is 0 Å². The molecule has 4 atom stereocenters. The van der Waals surface area contributed by atoms with Gasteiger partial charge < -0.3 is 20.8 Å². The van der Waals surface area contributed by atoms with Crippen molar-refractivity contribution in [1.29, 1.82) is 0 Å². The minimum Gasteiger partial charge on any atom is -0.508 e. The summed E-state index contributed by atoms with van der Waals surface area (Å²) in [6.07, 6.45) is 1.04. The number of anilines is 2. The summed E-state index contributed by atoms with van der Waals surface area (Å²) in [6, 6.07) is 20.9. The maximum absolute atomic E-state index is 13.9. The Labute approximate surface area is 222 Å². The van der Waals surface area contributed by atoms with Gasteiger partial charge in [-0.2, -0.15) is 0 Å².